The molecule has 1 aromatic heterocycles. The number of hydrogen-bond acceptors (Lipinski definition) is 4. The monoisotopic (exact) mass is 249 g/mol. The molecule has 1 aromatic carbocycles. The number of hydrogen-bond donors (Lipinski definition) is 2. The Hall–Kier alpha value is -2.14. The van der Waals surface area contributed by atoms with E-state index in [-0.39, 0.29) is 22.3 Å². The van der Waals surface area contributed by atoms with Crippen molar-refractivity contribution in [2.45, 2.75) is 0 Å². The van der Waals surface area contributed by atoms with Crippen molar-refractivity contribution in [2.24, 2.45) is 0 Å². The van der Waals surface area contributed by atoms with Crippen molar-refractivity contribution in [3.63, 3.8) is 0 Å². The summed E-state index contributed by atoms with van der Waals surface area (Å²) in [4.78, 5) is 19.4. The Morgan fingerprint density at radius 2 is 2.06 bits per heavy atom. The van der Waals surface area contributed by atoms with Gasteiger partial charge in [0.25, 0.3) is 5.91 Å². The van der Waals surface area contributed by atoms with Crippen molar-refractivity contribution < 1.29 is 9.90 Å². The Kier molecular flexibility index (Phi) is 3.20. The van der Waals surface area contributed by atoms with Crippen LogP contribution in [0.4, 0.5) is 5.82 Å². The number of aromatic nitrogens is 2. The van der Waals surface area contributed by atoms with Crippen LogP contribution in [-0.2, 0) is 0 Å². The zero-order valence-corrected chi connectivity index (χ0v) is 9.35. The summed E-state index contributed by atoms with van der Waals surface area (Å²) in [6.07, 6.45) is 2.72. The molecule has 0 aliphatic carbocycles. The smallest absolute Gasteiger partial charge is 0.260 e. The lowest BCUT2D eigenvalue weighted by Gasteiger charge is -2.05. The van der Waals surface area contributed by atoms with Crippen LogP contribution >= 0.6 is 11.6 Å². The molecule has 6 heteroatoms. The van der Waals surface area contributed by atoms with E-state index in [1.54, 1.807) is 12.1 Å². The first-order valence-electron chi connectivity index (χ1n) is 4.74. The third kappa shape index (κ3) is 2.70. The molecular weight excluding hydrogens is 242 g/mol. The molecule has 1 heterocycles. The van der Waals surface area contributed by atoms with E-state index in [0.717, 1.165) is 0 Å². The van der Waals surface area contributed by atoms with Crippen molar-refractivity contribution in [3.05, 3.63) is 47.4 Å². The van der Waals surface area contributed by atoms with Crippen molar-refractivity contribution in [1.82, 2.24) is 9.97 Å². The van der Waals surface area contributed by atoms with Gasteiger partial charge in [-0.15, -0.1) is 0 Å². The molecule has 0 atom stereocenters. The van der Waals surface area contributed by atoms with Crippen LogP contribution < -0.4 is 5.32 Å². The summed E-state index contributed by atoms with van der Waals surface area (Å²) in [6, 6.07) is 6.21. The molecule has 0 aliphatic heterocycles. The van der Waals surface area contributed by atoms with Crippen LogP contribution in [0.25, 0.3) is 0 Å². The second kappa shape index (κ2) is 4.80. The number of carbonyl (C=O) groups excluding carboxylic acids is 1. The molecule has 0 spiro atoms. The minimum Gasteiger partial charge on any atom is -0.507 e. The number of anilines is 1. The molecule has 0 radical (unpaired) electrons. The van der Waals surface area contributed by atoms with E-state index < -0.39 is 5.91 Å². The van der Waals surface area contributed by atoms with Crippen LogP contribution in [-0.4, -0.2) is 21.0 Å². The Balaban J connectivity index is 2.20. The summed E-state index contributed by atoms with van der Waals surface area (Å²) in [6.45, 7) is 0. The van der Waals surface area contributed by atoms with E-state index in [4.69, 9.17) is 11.6 Å². The fourth-order valence-electron chi connectivity index (χ4n) is 1.25. The summed E-state index contributed by atoms with van der Waals surface area (Å²) in [5.74, 6) is -0.342. The topological polar surface area (TPSA) is 75.1 Å². The van der Waals surface area contributed by atoms with Gasteiger partial charge in [0.15, 0.2) is 5.82 Å². The Labute approximate surface area is 102 Å². The molecular formula is C11H8ClN3O2. The number of phenols is 1. The number of phenolic OH excluding ortho intramolecular Hbond substituents is 1. The van der Waals surface area contributed by atoms with Gasteiger partial charge >= 0.3 is 0 Å². The SMILES string of the molecule is O=C(Nc1cncc(Cl)n1)c1ccccc1O. The Bertz CT molecular complexity index is 560. The largest absolute Gasteiger partial charge is 0.507 e. The van der Waals surface area contributed by atoms with Crippen molar-refractivity contribution in [2.75, 3.05) is 5.32 Å². The van der Waals surface area contributed by atoms with Crippen molar-refractivity contribution in [3.8, 4) is 5.75 Å². The van der Waals surface area contributed by atoms with Crippen LogP contribution in [0.3, 0.4) is 0 Å². The highest BCUT2D eigenvalue weighted by atomic mass is 35.5. The number of carbonyl (C=O) groups is 1. The maximum absolute atomic E-state index is 11.8. The third-order valence-corrected chi connectivity index (χ3v) is 2.18. The second-order valence-corrected chi connectivity index (χ2v) is 3.59. The fraction of sp³-hybridized carbons (Fsp3) is 0. The van der Waals surface area contributed by atoms with E-state index in [2.05, 4.69) is 15.3 Å². The maximum atomic E-state index is 11.8. The number of para-hydroxylation sites is 1. The quantitative estimate of drug-likeness (QED) is 0.855. The van der Waals surface area contributed by atoms with Crippen LogP contribution in [0.5, 0.6) is 5.75 Å². The predicted molar refractivity (Wildman–Crippen MR) is 63.1 cm³/mol. The van der Waals surface area contributed by atoms with Crippen LogP contribution in [0.1, 0.15) is 10.4 Å². The minimum atomic E-state index is -0.473. The van der Waals surface area contributed by atoms with Crippen molar-refractivity contribution in [1.29, 1.82) is 0 Å². The fourth-order valence-corrected chi connectivity index (χ4v) is 1.40. The maximum Gasteiger partial charge on any atom is 0.260 e. The summed E-state index contributed by atoms with van der Waals surface area (Å²) >= 11 is 5.63. The molecule has 2 N–H and O–H groups in total. The summed E-state index contributed by atoms with van der Waals surface area (Å²) < 4.78 is 0. The van der Waals surface area contributed by atoms with Gasteiger partial charge in [-0.1, -0.05) is 23.7 Å². The Morgan fingerprint density at radius 3 is 2.76 bits per heavy atom. The normalized spacial score (nSPS) is 9.94. The highest BCUT2D eigenvalue weighted by molar-refractivity contribution is 6.29. The minimum absolute atomic E-state index is 0.0972. The first kappa shape index (κ1) is 11.3. The summed E-state index contributed by atoms with van der Waals surface area (Å²) in [5, 5.41) is 12.2. The number of aromatic hydroxyl groups is 1. The average molecular weight is 250 g/mol. The summed E-state index contributed by atoms with van der Waals surface area (Å²) in [5.41, 5.74) is 0.161. The van der Waals surface area contributed by atoms with Gasteiger partial charge in [-0.2, -0.15) is 0 Å². The van der Waals surface area contributed by atoms with Crippen molar-refractivity contribution >= 4 is 23.3 Å². The number of nitrogens with zero attached hydrogens (tertiary/aromatic N) is 2. The molecule has 2 aromatic rings. The van der Waals surface area contributed by atoms with Gasteiger partial charge in [-0.05, 0) is 12.1 Å². The van der Waals surface area contributed by atoms with E-state index >= 15 is 0 Å². The number of nitrogens with one attached hydrogen (secondary N) is 1. The highest BCUT2D eigenvalue weighted by Gasteiger charge is 2.11. The van der Waals surface area contributed by atoms with E-state index in [1.807, 2.05) is 0 Å². The lowest BCUT2D eigenvalue weighted by molar-refractivity contribution is 0.102. The molecule has 0 unspecified atom stereocenters. The van der Waals surface area contributed by atoms with Gasteiger partial charge < -0.3 is 10.4 Å². The molecule has 0 bridgehead atoms. The molecule has 0 saturated heterocycles. The predicted octanol–water partition coefficient (Wildman–Crippen LogP) is 2.09. The van der Waals surface area contributed by atoms with Gasteiger partial charge in [0, 0.05) is 0 Å². The van der Waals surface area contributed by atoms with Gasteiger partial charge in [0.05, 0.1) is 18.0 Å². The zero-order chi connectivity index (χ0) is 12.3. The van der Waals surface area contributed by atoms with Crippen LogP contribution in [0, 0.1) is 0 Å². The van der Waals surface area contributed by atoms with Crippen LogP contribution in [0.15, 0.2) is 36.7 Å². The number of rotatable bonds is 2. The molecule has 2 rings (SSSR count). The van der Waals surface area contributed by atoms with E-state index in [9.17, 15) is 9.90 Å². The van der Waals surface area contributed by atoms with Gasteiger partial charge in [0.1, 0.15) is 10.9 Å². The second-order valence-electron chi connectivity index (χ2n) is 3.20. The molecule has 17 heavy (non-hydrogen) atoms. The first-order valence-corrected chi connectivity index (χ1v) is 5.11. The van der Waals surface area contributed by atoms with Gasteiger partial charge in [-0.25, -0.2) is 4.98 Å². The van der Waals surface area contributed by atoms with E-state index in [1.165, 1.54) is 24.5 Å². The molecule has 0 aliphatic rings. The van der Waals surface area contributed by atoms with Gasteiger partial charge in [-0.3, -0.25) is 9.78 Å². The molecule has 0 fully saturated rings. The lowest BCUT2D eigenvalue weighted by Crippen LogP contribution is -2.13. The standard InChI is InChI=1S/C11H8ClN3O2/c12-9-5-13-6-10(14-9)15-11(17)7-3-1-2-4-8(7)16/h1-6,16H,(H,14,15,17). The van der Waals surface area contributed by atoms with Crippen LogP contribution in [0.2, 0.25) is 5.15 Å². The number of benzene rings is 1. The molecule has 5 nitrogen and oxygen atoms in total. The highest BCUT2D eigenvalue weighted by Crippen LogP contribution is 2.17. The Morgan fingerprint density at radius 1 is 1.29 bits per heavy atom. The lowest BCUT2D eigenvalue weighted by atomic mass is 10.2. The van der Waals surface area contributed by atoms with Gasteiger partial charge in [0.2, 0.25) is 0 Å². The number of halogens is 1. The number of amides is 1. The summed E-state index contributed by atoms with van der Waals surface area (Å²) in [7, 11) is 0. The molecule has 1 amide bonds. The molecule has 0 saturated carbocycles. The first-order chi connectivity index (χ1) is 8.16. The third-order valence-electron chi connectivity index (χ3n) is 2.00. The average Bonchev–Trinajstić information content (AvgIpc) is 2.29. The van der Waals surface area contributed by atoms with E-state index in [0.29, 0.717) is 0 Å². The molecule has 86 valence electrons. The zero-order valence-electron chi connectivity index (χ0n) is 8.59.